The molecule has 96 valence electrons. The van der Waals surface area contributed by atoms with Gasteiger partial charge < -0.3 is 14.6 Å². The topological polar surface area (TPSA) is 41.3 Å². The molecule has 2 rings (SSSR count). The second-order valence-electron chi connectivity index (χ2n) is 4.76. The van der Waals surface area contributed by atoms with Gasteiger partial charge in [0.2, 0.25) is 0 Å². The van der Waals surface area contributed by atoms with Gasteiger partial charge in [-0.2, -0.15) is 0 Å². The maximum atomic E-state index is 5.61. The van der Waals surface area contributed by atoms with Crippen molar-refractivity contribution in [3.63, 3.8) is 0 Å². The SMILES string of the molecule is CCN1CCC(c2nc(CCCNC)co2)C1. The fourth-order valence-electron chi connectivity index (χ4n) is 2.39. The standard InChI is InChI=1S/C13H23N3O/c1-3-16-8-6-11(9-16)13-15-12(10-17-13)5-4-7-14-2/h10-11,14H,3-9H2,1-2H3. The minimum absolute atomic E-state index is 0.507. The van der Waals surface area contributed by atoms with Gasteiger partial charge in [0.15, 0.2) is 5.89 Å². The van der Waals surface area contributed by atoms with Crippen molar-refractivity contribution in [3.8, 4) is 0 Å². The summed E-state index contributed by atoms with van der Waals surface area (Å²) in [6.45, 7) is 6.66. The van der Waals surface area contributed by atoms with Crippen LogP contribution < -0.4 is 5.32 Å². The third-order valence-electron chi connectivity index (χ3n) is 3.50. The Labute approximate surface area is 103 Å². The number of hydrogen-bond donors (Lipinski definition) is 1. The Morgan fingerprint density at radius 2 is 2.47 bits per heavy atom. The maximum Gasteiger partial charge on any atom is 0.198 e. The Morgan fingerprint density at radius 3 is 3.18 bits per heavy atom. The lowest BCUT2D eigenvalue weighted by Crippen LogP contribution is -2.19. The van der Waals surface area contributed by atoms with E-state index in [-0.39, 0.29) is 0 Å². The Kier molecular flexibility index (Phi) is 4.57. The third kappa shape index (κ3) is 3.30. The summed E-state index contributed by atoms with van der Waals surface area (Å²) in [6.07, 6.45) is 5.15. The zero-order valence-electron chi connectivity index (χ0n) is 10.9. The van der Waals surface area contributed by atoms with Gasteiger partial charge in [0.05, 0.1) is 5.69 Å². The average molecular weight is 237 g/mol. The maximum absolute atomic E-state index is 5.61. The van der Waals surface area contributed by atoms with Crippen molar-refractivity contribution in [1.82, 2.24) is 15.2 Å². The smallest absolute Gasteiger partial charge is 0.198 e. The molecule has 0 amide bonds. The predicted molar refractivity (Wildman–Crippen MR) is 68.2 cm³/mol. The largest absolute Gasteiger partial charge is 0.448 e. The molecule has 4 nitrogen and oxygen atoms in total. The van der Waals surface area contributed by atoms with E-state index in [0.717, 1.165) is 44.1 Å². The molecule has 1 aromatic heterocycles. The summed E-state index contributed by atoms with van der Waals surface area (Å²) in [5.41, 5.74) is 1.10. The van der Waals surface area contributed by atoms with Crippen LogP contribution in [0.1, 0.15) is 37.3 Å². The van der Waals surface area contributed by atoms with E-state index in [2.05, 4.69) is 22.1 Å². The molecule has 0 aliphatic carbocycles. The molecule has 0 aromatic carbocycles. The monoisotopic (exact) mass is 237 g/mol. The molecule has 1 atom stereocenters. The van der Waals surface area contributed by atoms with Crippen molar-refractivity contribution in [2.24, 2.45) is 0 Å². The normalized spacial score (nSPS) is 21.2. The van der Waals surface area contributed by atoms with Crippen LogP contribution in [0.3, 0.4) is 0 Å². The van der Waals surface area contributed by atoms with E-state index in [1.165, 1.54) is 13.0 Å². The number of likely N-dealkylation sites (tertiary alicyclic amines) is 1. The summed E-state index contributed by atoms with van der Waals surface area (Å²) in [7, 11) is 1.98. The van der Waals surface area contributed by atoms with Crippen LogP contribution in [-0.4, -0.2) is 43.1 Å². The zero-order chi connectivity index (χ0) is 12.1. The number of hydrogen-bond acceptors (Lipinski definition) is 4. The number of likely N-dealkylation sites (N-methyl/N-ethyl adjacent to an activating group) is 1. The van der Waals surface area contributed by atoms with Crippen LogP contribution in [0.5, 0.6) is 0 Å². The lowest BCUT2D eigenvalue weighted by atomic mass is 10.1. The lowest BCUT2D eigenvalue weighted by Gasteiger charge is -2.10. The summed E-state index contributed by atoms with van der Waals surface area (Å²) in [4.78, 5) is 7.07. The van der Waals surface area contributed by atoms with E-state index in [1.54, 1.807) is 0 Å². The highest BCUT2D eigenvalue weighted by atomic mass is 16.3. The fourth-order valence-corrected chi connectivity index (χ4v) is 2.39. The van der Waals surface area contributed by atoms with Gasteiger partial charge in [-0.25, -0.2) is 4.98 Å². The van der Waals surface area contributed by atoms with Gasteiger partial charge in [0.1, 0.15) is 6.26 Å². The number of oxazole rings is 1. The van der Waals surface area contributed by atoms with Crippen molar-refractivity contribution in [1.29, 1.82) is 0 Å². The number of aryl methyl sites for hydroxylation is 1. The lowest BCUT2D eigenvalue weighted by molar-refractivity contribution is 0.344. The second kappa shape index (κ2) is 6.17. The molecule has 0 saturated carbocycles. The minimum atomic E-state index is 0.507. The number of nitrogens with one attached hydrogen (secondary N) is 1. The first-order chi connectivity index (χ1) is 8.33. The van der Waals surface area contributed by atoms with Crippen LogP contribution in [0.2, 0.25) is 0 Å². The van der Waals surface area contributed by atoms with Crippen molar-refractivity contribution in [2.75, 3.05) is 33.2 Å². The molecule has 1 N–H and O–H groups in total. The molecule has 1 fully saturated rings. The summed E-state index contributed by atoms with van der Waals surface area (Å²) in [5, 5.41) is 3.15. The van der Waals surface area contributed by atoms with Crippen LogP contribution in [0.15, 0.2) is 10.7 Å². The molecular formula is C13H23N3O. The summed E-state index contributed by atoms with van der Waals surface area (Å²) in [6, 6.07) is 0. The molecule has 0 bridgehead atoms. The van der Waals surface area contributed by atoms with Crippen molar-refractivity contribution >= 4 is 0 Å². The van der Waals surface area contributed by atoms with Crippen LogP contribution in [0.25, 0.3) is 0 Å². The van der Waals surface area contributed by atoms with Gasteiger partial charge in [-0.15, -0.1) is 0 Å². The van der Waals surface area contributed by atoms with E-state index in [4.69, 9.17) is 4.42 Å². The van der Waals surface area contributed by atoms with Crippen LogP contribution >= 0.6 is 0 Å². The first kappa shape index (κ1) is 12.6. The summed E-state index contributed by atoms with van der Waals surface area (Å²) < 4.78 is 5.61. The Hall–Kier alpha value is -0.870. The zero-order valence-corrected chi connectivity index (χ0v) is 10.9. The van der Waals surface area contributed by atoms with Gasteiger partial charge in [0.25, 0.3) is 0 Å². The van der Waals surface area contributed by atoms with Crippen molar-refractivity contribution < 1.29 is 4.42 Å². The summed E-state index contributed by atoms with van der Waals surface area (Å²) in [5.74, 6) is 1.45. The average Bonchev–Trinajstić information content (AvgIpc) is 2.97. The predicted octanol–water partition coefficient (Wildman–Crippen LogP) is 1.64. The van der Waals surface area contributed by atoms with Gasteiger partial charge in [-0.3, -0.25) is 0 Å². The van der Waals surface area contributed by atoms with E-state index < -0.39 is 0 Å². The second-order valence-corrected chi connectivity index (χ2v) is 4.76. The van der Waals surface area contributed by atoms with Crippen LogP contribution in [0, 0.1) is 0 Å². The molecular weight excluding hydrogens is 214 g/mol. The molecule has 0 spiro atoms. The number of rotatable bonds is 6. The van der Waals surface area contributed by atoms with E-state index in [1.807, 2.05) is 13.3 Å². The Balaban J connectivity index is 1.85. The highest BCUT2D eigenvalue weighted by Crippen LogP contribution is 2.26. The van der Waals surface area contributed by atoms with Gasteiger partial charge in [-0.1, -0.05) is 6.92 Å². The van der Waals surface area contributed by atoms with Crippen molar-refractivity contribution in [3.05, 3.63) is 17.8 Å². The molecule has 1 aliphatic rings. The number of nitrogens with zero attached hydrogens (tertiary/aromatic N) is 2. The molecule has 1 aliphatic heterocycles. The van der Waals surface area contributed by atoms with Gasteiger partial charge >= 0.3 is 0 Å². The first-order valence-corrected chi connectivity index (χ1v) is 6.64. The van der Waals surface area contributed by atoms with Crippen molar-refractivity contribution in [2.45, 2.75) is 32.1 Å². The molecule has 4 heteroatoms. The Morgan fingerprint density at radius 1 is 1.59 bits per heavy atom. The molecule has 2 heterocycles. The molecule has 1 aromatic rings. The molecule has 1 saturated heterocycles. The van der Waals surface area contributed by atoms with Gasteiger partial charge in [0, 0.05) is 12.5 Å². The quantitative estimate of drug-likeness (QED) is 0.764. The molecule has 17 heavy (non-hydrogen) atoms. The van der Waals surface area contributed by atoms with Gasteiger partial charge in [-0.05, 0) is 45.9 Å². The van der Waals surface area contributed by atoms with Crippen LogP contribution in [0.4, 0.5) is 0 Å². The van der Waals surface area contributed by atoms with Crippen LogP contribution in [-0.2, 0) is 6.42 Å². The third-order valence-corrected chi connectivity index (χ3v) is 3.50. The minimum Gasteiger partial charge on any atom is -0.448 e. The van der Waals surface area contributed by atoms with E-state index >= 15 is 0 Å². The molecule has 1 unspecified atom stereocenters. The molecule has 0 radical (unpaired) electrons. The highest BCUT2D eigenvalue weighted by Gasteiger charge is 2.26. The highest BCUT2D eigenvalue weighted by molar-refractivity contribution is 5.03. The fraction of sp³-hybridized carbons (Fsp3) is 0.769. The Bertz CT molecular complexity index is 337. The van der Waals surface area contributed by atoms with E-state index in [0.29, 0.717) is 5.92 Å². The number of aromatic nitrogens is 1. The summed E-state index contributed by atoms with van der Waals surface area (Å²) >= 11 is 0. The van der Waals surface area contributed by atoms with E-state index in [9.17, 15) is 0 Å². The first-order valence-electron chi connectivity index (χ1n) is 6.64.